The van der Waals surface area contributed by atoms with Crippen molar-refractivity contribution in [3.05, 3.63) is 0 Å². The van der Waals surface area contributed by atoms with E-state index in [0.29, 0.717) is 0 Å². The third-order valence-electron chi connectivity index (χ3n) is 1.69. The lowest BCUT2D eigenvalue weighted by molar-refractivity contribution is -0.382. The zero-order valence-electron chi connectivity index (χ0n) is 6.78. The van der Waals surface area contributed by atoms with Crippen LogP contribution in [0, 0.1) is 0 Å². The van der Waals surface area contributed by atoms with Gasteiger partial charge in [0.2, 0.25) is 0 Å². The van der Waals surface area contributed by atoms with Crippen LogP contribution in [0.25, 0.3) is 0 Å². The minimum Gasteiger partial charge on any atom is -0.480 e. The van der Waals surface area contributed by atoms with Crippen LogP contribution in [0.4, 0.5) is 0 Å². The highest BCUT2D eigenvalue weighted by atomic mass is 17.2. The van der Waals surface area contributed by atoms with Crippen LogP contribution in [-0.4, -0.2) is 36.9 Å². The first-order valence-corrected chi connectivity index (χ1v) is 4.01. The first-order chi connectivity index (χ1) is 5.80. The molecular formula is C7H13NO4. The molecule has 0 aliphatic carbocycles. The van der Waals surface area contributed by atoms with Gasteiger partial charge in [0, 0.05) is 0 Å². The van der Waals surface area contributed by atoms with Gasteiger partial charge in [0.15, 0.2) is 0 Å². The Morgan fingerprint density at radius 2 is 2.00 bits per heavy atom. The van der Waals surface area contributed by atoms with Gasteiger partial charge < -0.3 is 10.4 Å². The monoisotopic (exact) mass is 175 g/mol. The maximum absolute atomic E-state index is 10.1. The number of hydrogen-bond acceptors (Lipinski definition) is 4. The number of carbonyl (C=O) groups is 1. The number of nitrogens with one attached hydrogen (secondary N) is 1. The van der Waals surface area contributed by atoms with Crippen molar-refractivity contribution in [1.82, 2.24) is 5.32 Å². The summed E-state index contributed by atoms with van der Waals surface area (Å²) in [4.78, 5) is 18.6. The molecule has 0 aromatic carbocycles. The molecule has 0 saturated carbocycles. The first-order valence-electron chi connectivity index (χ1n) is 4.01. The average molecular weight is 175 g/mol. The number of carboxylic acid groups (broad SMARTS) is 1. The van der Waals surface area contributed by atoms with Gasteiger partial charge in [-0.2, -0.15) is 0 Å². The van der Waals surface area contributed by atoms with Crippen molar-refractivity contribution < 1.29 is 19.7 Å². The van der Waals surface area contributed by atoms with Gasteiger partial charge in [-0.05, 0) is 19.4 Å². The van der Waals surface area contributed by atoms with Gasteiger partial charge in [-0.3, -0.25) is 4.79 Å². The van der Waals surface area contributed by atoms with Crippen LogP contribution < -0.4 is 5.32 Å². The summed E-state index contributed by atoms with van der Waals surface area (Å²) in [5, 5.41) is 11.2. The Labute approximate surface area is 70.6 Å². The van der Waals surface area contributed by atoms with Gasteiger partial charge in [-0.25, -0.2) is 9.78 Å². The van der Waals surface area contributed by atoms with E-state index >= 15 is 0 Å². The molecule has 5 heteroatoms. The molecule has 2 heterocycles. The molecule has 2 aliphatic heterocycles. The van der Waals surface area contributed by atoms with Gasteiger partial charge in [0.25, 0.3) is 0 Å². The Morgan fingerprint density at radius 3 is 2.17 bits per heavy atom. The van der Waals surface area contributed by atoms with E-state index in [1.807, 2.05) is 0 Å². The lowest BCUT2D eigenvalue weighted by Crippen LogP contribution is -2.29. The fourth-order valence-electron chi connectivity index (χ4n) is 0.979. The van der Waals surface area contributed by atoms with Gasteiger partial charge >= 0.3 is 5.97 Å². The van der Waals surface area contributed by atoms with Crippen LogP contribution in [0.3, 0.4) is 0 Å². The lowest BCUT2D eigenvalue weighted by Gasteiger charge is -2.08. The van der Waals surface area contributed by atoms with Crippen LogP contribution in [-0.2, 0) is 14.6 Å². The van der Waals surface area contributed by atoms with Crippen molar-refractivity contribution in [2.75, 3.05) is 19.8 Å². The van der Waals surface area contributed by atoms with Crippen LogP contribution in [0.15, 0.2) is 0 Å². The summed E-state index contributed by atoms with van der Waals surface area (Å²) in [6.45, 7) is 2.41. The molecule has 0 aromatic heterocycles. The van der Waals surface area contributed by atoms with Crippen molar-refractivity contribution in [2.24, 2.45) is 0 Å². The maximum atomic E-state index is 10.1. The predicted octanol–water partition coefficient (Wildman–Crippen LogP) is -0.229. The van der Waals surface area contributed by atoms with Crippen molar-refractivity contribution in [3.63, 3.8) is 0 Å². The largest absolute Gasteiger partial charge is 0.480 e. The molecule has 2 aliphatic rings. The highest BCUT2D eigenvalue weighted by Crippen LogP contribution is 2.03. The van der Waals surface area contributed by atoms with E-state index in [1.54, 1.807) is 0 Å². The molecule has 1 atom stereocenters. The third kappa shape index (κ3) is 3.17. The van der Waals surface area contributed by atoms with Crippen LogP contribution in [0.5, 0.6) is 0 Å². The van der Waals surface area contributed by atoms with E-state index < -0.39 is 5.97 Å². The molecule has 0 bridgehead atoms. The summed E-state index contributed by atoms with van der Waals surface area (Å²) < 4.78 is 0. The lowest BCUT2D eigenvalue weighted by atomic mass is 10.2. The topological polar surface area (TPSA) is 67.8 Å². The summed E-state index contributed by atoms with van der Waals surface area (Å²) in [5.74, 6) is -0.720. The average Bonchev–Trinajstić information content (AvgIpc) is 2.31. The van der Waals surface area contributed by atoms with E-state index in [2.05, 4.69) is 15.1 Å². The predicted molar refractivity (Wildman–Crippen MR) is 40.6 cm³/mol. The molecule has 70 valence electrons. The summed E-state index contributed by atoms with van der Waals surface area (Å²) in [6.07, 6.45) is 1.78. The summed E-state index contributed by atoms with van der Waals surface area (Å²) in [6, 6.07) is -0.269. The molecule has 0 amide bonds. The van der Waals surface area contributed by atoms with Gasteiger partial charge in [0.05, 0.1) is 0 Å². The maximum Gasteiger partial charge on any atom is 0.320 e. The van der Waals surface area contributed by atoms with E-state index in [0.717, 1.165) is 32.6 Å². The minimum atomic E-state index is -0.720. The summed E-state index contributed by atoms with van der Waals surface area (Å²) >= 11 is 0. The highest BCUT2D eigenvalue weighted by Gasteiger charge is 2.20. The number of carboxylic acids is 1. The Bertz CT molecular complexity index is 136. The summed E-state index contributed by atoms with van der Waals surface area (Å²) in [7, 11) is 0. The van der Waals surface area contributed by atoms with Crippen LogP contribution in [0.2, 0.25) is 0 Å². The Hall–Kier alpha value is -0.650. The second-order valence-electron chi connectivity index (χ2n) is 2.63. The second kappa shape index (κ2) is 5.08. The second-order valence-corrected chi connectivity index (χ2v) is 2.63. The molecule has 5 nitrogen and oxygen atoms in total. The standard InChI is InChI=1S/C5H9NO2.C2H4O2/c7-5(8)4-2-1-3-6-4;1-2-4-3-1/h4,6H,1-3H2,(H,7,8);1-2H2/t4-;/m0./s1. The fraction of sp³-hybridized carbons (Fsp3) is 0.857. The molecule has 2 N–H and O–H groups in total. The van der Waals surface area contributed by atoms with E-state index in [9.17, 15) is 4.79 Å². The molecule has 2 saturated heterocycles. The molecular weight excluding hydrogens is 162 g/mol. The van der Waals surface area contributed by atoms with Gasteiger partial charge in [0.1, 0.15) is 19.3 Å². The fourth-order valence-corrected chi connectivity index (χ4v) is 0.979. The normalized spacial score (nSPS) is 26.8. The smallest absolute Gasteiger partial charge is 0.320 e. The van der Waals surface area contributed by atoms with Crippen molar-refractivity contribution in [2.45, 2.75) is 18.9 Å². The molecule has 0 radical (unpaired) electrons. The zero-order chi connectivity index (χ0) is 8.81. The Balaban J connectivity index is 0.000000150. The SMILES string of the molecule is C1COO1.O=C(O)[C@@H]1CCCN1. The molecule has 2 rings (SSSR count). The zero-order valence-corrected chi connectivity index (χ0v) is 6.78. The molecule has 0 aromatic rings. The molecule has 0 spiro atoms. The quantitative estimate of drug-likeness (QED) is 0.539. The van der Waals surface area contributed by atoms with Crippen LogP contribution in [0.1, 0.15) is 12.8 Å². The van der Waals surface area contributed by atoms with E-state index in [1.165, 1.54) is 0 Å². The number of rotatable bonds is 1. The Kier molecular flexibility index (Phi) is 3.99. The van der Waals surface area contributed by atoms with Crippen molar-refractivity contribution in [3.8, 4) is 0 Å². The molecule has 2 fully saturated rings. The van der Waals surface area contributed by atoms with E-state index in [-0.39, 0.29) is 6.04 Å². The minimum absolute atomic E-state index is 0.269. The van der Waals surface area contributed by atoms with Crippen molar-refractivity contribution in [1.29, 1.82) is 0 Å². The highest BCUT2D eigenvalue weighted by molar-refractivity contribution is 5.73. The van der Waals surface area contributed by atoms with Gasteiger partial charge in [-0.15, -0.1) is 0 Å². The van der Waals surface area contributed by atoms with Gasteiger partial charge in [-0.1, -0.05) is 0 Å². The first kappa shape index (κ1) is 9.44. The number of aliphatic carboxylic acids is 1. The van der Waals surface area contributed by atoms with Crippen molar-refractivity contribution >= 4 is 5.97 Å². The number of hydrogen-bond donors (Lipinski definition) is 2. The molecule has 0 unspecified atom stereocenters. The Morgan fingerprint density at radius 1 is 1.42 bits per heavy atom. The summed E-state index contributed by atoms with van der Waals surface area (Å²) in [5.41, 5.74) is 0. The van der Waals surface area contributed by atoms with E-state index in [4.69, 9.17) is 5.11 Å². The molecule has 12 heavy (non-hydrogen) atoms. The van der Waals surface area contributed by atoms with Crippen LogP contribution >= 0.6 is 0 Å². The third-order valence-corrected chi connectivity index (χ3v) is 1.69.